The van der Waals surface area contributed by atoms with Gasteiger partial charge in [-0.2, -0.15) is 0 Å². The molecule has 0 heterocycles. The molecule has 0 unspecified atom stereocenters. The Morgan fingerprint density at radius 1 is 1.10 bits per heavy atom. The highest BCUT2D eigenvalue weighted by atomic mass is 16.6. The number of aliphatic hydroxyl groups excluding tert-OH is 1. The first kappa shape index (κ1) is 13.8. The van der Waals surface area contributed by atoms with Crippen LogP contribution in [0.4, 0.5) is 5.69 Å². The van der Waals surface area contributed by atoms with Crippen LogP contribution < -0.4 is 4.74 Å². The van der Waals surface area contributed by atoms with Gasteiger partial charge < -0.3 is 9.84 Å². The average Bonchev–Trinajstić information content (AvgIpc) is 2.49. The molecule has 110 valence electrons. The van der Waals surface area contributed by atoms with Crippen molar-refractivity contribution in [1.29, 1.82) is 0 Å². The summed E-state index contributed by atoms with van der Waals surface area (Å²) in [6.07, 6.45) is 2.91. The first-order valence-corrected chi connectivity index (χ1v) is 7.17. The highest BCUT2D eigenvalue weighted by Crippen LogP contribution is 2.34. The lowest BCUT2D eigenvalue weighted by atomic mass is 9.94. The SMILES string of the molecule is O=[N+]([O-])c1ccc(O[C@H]2CCCC[C@@H]2O)c2ccccc12. The molecule has 0 amide bonds. The van der Waals surface area contributed by atoms with Gasteiger partial charge in [0.25, 0.3) is 5.69 Å². The van der Waals surface area contributed by atoms with Crippen molar-refractivity contribution >= 4 is 16.5 Å². The molecule has 1 aliphatic carbocycles. The van der Waals surface area contributed by atoms with E-state index >= 15 is 0 Å². The summed E-state index contributed by atoms with van der Waals surface area (Å²) < 4.78 is 5.94. The molecule has 3 rings (SSSR count). The van der Waals surface area contributed by atoms with E-state index < -0.39 is 6.10 Å². The van der Waals surface area contributed by atoms with Crippen molar-refractivity contribution in [3.8, 4) is 5.75 Å². The van der Waals surface area contributed by atoms with Gasteiger partial charge >= 0.3 is 0 Å². The molecule has 5 nitrogen and oxygen atoms in total. The molecule has 5 heteroatoms. The summed E-state index contributed by atoms with van der Waals surface area (Å²) in [4.78, 5) is 10.7. The van der Waals surface area contributed by atoms with E-state index in [1.165, 1.54) is 6.07 Å². The fourth-order valence-electron chi connectivity index (χ4n) is 2.90. The first-order chi connectivity index (χ1) is 10.2. The number of ether oxygens (including phenoxy) is 1. The first-order valence-electron chi connectivity index (χ1n) is 7.17. The molecule has 0 aliphatic heterocycles. The third-order valence-corrected chi connectivity index (χ3v) is 4.00. The number of fused-ring (bicyclic) bond motifs is 1. The second kappa shape index (κ2) is 5.69. The van der Waals surface area contributed by atoms with E-state index in [1.807, 2.05) is 12.1 Å². The summed E-state index contributed by atoms with van der Waals surface area (Å²) in [6.45, 7) is 0. The zero-order valence-corrected chi connectivity index (χ0v) is 11.6. The van der Waals surface area contributed by atoms with Gasteiger partial charge in [-0.15, -0.1) is 0 Å². The maximum absolute atomic E-state index is 11.1. The predicted molar refractivity (Wildman–Crippen MR) is 79.5 cm³/mol. The van der Waals surface area contributed by atoms with Crippen LogP contribution in [0.3, 0.4) is 0 Å². The lowest BCUT2D eigenvalue weighted by Crippen LogP contribution is -2.34. The Morgan fingerprint density at radius 2 is 1.81 bits per heavy atom. The number of non-ortho nitro benzene ring substituents is 1. The van der Waals surface area contributed by atoms with Gasteiger partial charge in [-0.25, -0.2) is 0 Å². The molecular formula is C16H17NO4. The minimum absolute atomic E-state index is 0.0714. The van der Waals surface area contributed by atoms with Crippen LogP contribution in [0.15, 0.2) is 36.4 Å². The van der Waals surface area contributed by atoms with Gasteiger partial charge in [0.15, 0.2) is 0 Å². The number of nitrogens with zero attached hydrogens (tertiary/aromatic N) is 1. The summed E-state index contributed by atoms with van der Waals surface area (Å²) in [6, 6.07) is 10.2. The second-order valence-electron chi connectivity index (χ2n) is 5.39. The van der Waals surface area contributed by atoms with Crippen molar-refractivity contribution in [2.45, 2.75) is 37.9 Å². The van der Waals surface area contributed by atoms with Crippen molar-refractivity contribution in [2.75, 3.05) is 0 Å². The number of hydrogen-bond donors (Lipinski definition) is 1. The average molecular weight is 287 g/mol. The van der Waals surface area contributed by atoms with Gasteiger partial charge in [0.2, 0.25) is 0 Å². The molecule has 0 radical (unpaired) electrons. The molecule has 2 aromatic carbocycles. The van der Waals surface area contributed by atoms with E-state index in [1.54, 1.807) is 18.2 Å². The summed E-state index contributed by atoms with van der Waals surface area (Å²) in [5.74, 6) is 0.599. The number of rotatable bonds is 3. The lowest BCUT2D eigenvalue weighted by molar-refractivity contribution is -0.383. The van der Waals surface area contributed by atoms with Crippen LogP contribution in [0, 0.1) is 10.1 Å². The Hall–Kier alpha value is -2.14. The number of benzene rings is 2. The zero-order chi connectivity index (χ0) is 14.8. The van der Waals surface area contributed by atoms with Gasteiger partial charge in [0, 0.05) is 11.5 Å². The van der Waals surface area contributed by atoms with Gasteiger partial charge in [-0.05, 0) is 31.4 Å². The fourth-order valence-corrected chi connectivity index (χ4v) is 2.90. The largest absolute Gasteiger partial charge is 0.487 e. The van der Waals surface area contributed by atoms with E-state index in [9.17, 15) is 15.2 Å². The molecule has 1 N–H and O–H groups in total. The van der Waals surface area contributed by atoms with E-state index in [0.29, 0.717) is 16.5 Å². The van der Waals surface area contributed by atoms with Crippen LogP contribution in [0.1, 0.15) is 25.7 Å². The van der Waals surface area contributed by atoms with E-state index in [2.05, 4.69) is 0 Å². The highest BCUT2D eigenvalue weighted by molar-refractivity contribution is 5.95. The monoisotopic (exact) mass is 287 g/mol. The maximum Gasteiger partial charge on any atom is 0.277 e. The Balaban J connectivity index is 1.99. The Morgan fingerprint density at radius 3 is 2.52 bits per heavy atom. The summed E-state index contributed by atoms with van der Waals surface area (Å²) >= 11 is 0. The molecule has 0 bridgehead atoms. The topological polar surface area (TPSA) is 72.6 Å². The molecular weight excluding hydrogens is 270 g/mol. The van der Waals surface area contributed by atoms with Crippen LogP contribution in [0.25, 0.3) is 10.8 Å². The third-order valence-electron chi connectivity index (χ3n) is 4.00. The number of nitro benzene ring substituents is 1. The van der Waals surface area contributed by atoms with Crippen molar-refractivity contribution in [3.05, 3.63) is 46.5 Å². The summed E-state index contributed by atoms with van der Waals surface area (Å²) in [5.41, 5.74) is 0.0714. The van der Waals surface area contributed by atoms with Gasteiger partial charge in [-0.3, -0.25) is 10.1 Å². The van der Waals surface area contributed by atoms with Crippen molar-refractivity contribution in [1.82, 2.24) is 0 Å². The number of hydrogen-bond acceptors (Lipinski definition) is 4. The summed E-state index contributed by atoms with van der Waals surface area (Å²) in [5, 5.41) is 22.4. The van der Waals surface area contributed by atoms with Crippen molar-refractivity contribution in [2.24, 2.45) is 0 Å². The molecule has 1 fully saturated rings. The van der Waals surface area contributed by atoms with Gasteiger partial charge in [-0.1, -0.05) is 24.6 Å². The quantitative estimate of drug-likeness (QED) is 0.693. The van der Waals surface area contributed by atoms with E-state index in [-0.39, 0.29) is 16.7 Å². The molecule has 0 spiro atoms. The van der Waals surface area contributed by atoms with Gasteiger partial charge in [0.05, 0.1) is 16.4 Å². The Labute approximate surface area is 122 Å². The Bertz CT molecular complexity index is 670. The fraction of sp³-hybridized carbons (Fsp3) is 0.375. The molecule has 2 aromatic rings. The molecule has 1 aliphatic rings. The van der Waals surface area contributed by atoms with Crippen LogP contribution >= 0.6 is 0 Å². The minimum Gasteiger partial charge on any atom is -0.487 e. The molecule has 2 atom stereocenters. The van der Waals surface area contributed by atoms with Crippen molar-refractivity contribution in [3.63, 3.8) is 0 Å². The standard InChI is InChI=1S/C16H17NO4/c18-14-7-3-4-8-16(14)21-15-10-9-13(17(19)20)11-5-1-2-6-12(11)15/h1-2,5-6,9-10,14,16,18H,3-4,7-8H2/t14-,16-/m0/s1. The second-order valence-corrected chi connectivity index (χ2v) is 5.39. The third kappa shape index (κ3) is 2.69. The molecule has 0 saturated heterocycles. The van der Waals surface area contributed by atoms with Gasteiger partial charge in [0.1, 0.15) is 11.9 Å². The zero-order valence-electron chi connectivity index (χ0n) is 11.6. The molecule has 1 saturated carbocycles. The maximum atomic E-state index is 11.1. The summed E-state index contributed by atoms with van der Waals surface area (Å²) in [7, 11) is 0. The smallest absolute Gasteiger partial charge is 0.277 e. The van der Waals surface area contributed by atoms with Crippen LogP contribution in [-0.4, -0.2) is 22.2 Å². The van der Waals surface area contributed by atoms with Crippen LogP contribution in [-0.2, 0) is 0 Å². The molecule has 21 heavy (non-hydrogen) atoms. The lowest BCUT2D eigenvalue weighted by Gasteiger charge is -2.28. The normalized spacial score (nSPS) is 22.1. The van der Waals surface area contributed by atoms with E-state index in [4.69, 9.17) is 4.74 Å². The van der Waals surface area contributed by atoms with E-state index in [0.717, 1.165) is 25.7 Å². The van der Waals surface area contributed by atoms with Crippen LogP contribution in [0.5, 0.6) is 5.75 Å². The number of aliphatic hydroxyl groups is 1. The molecule has 0 aromatic heterocycles. The minimum atomic E-state index is -0.465. The number of nitro groups is 1. The highest BCUT2D eigenvalue weighted by Gasteiger charge is 2.26. The van der Waals surface area contributed by atoms with Crippen molar-refractivity contribution < 1.29 is 14.8 Å². The van der Waals surface area contributed by atoms with Crippen LogP contribution in [0.2, 0.25) is 0 Å². The Kier molecular flexibility index (Phi) is 3.75. The predicted octanol–water partition coefficient (Wildman–Crippen LogP) is 3.43.